The van der Waals surface area contributed by atoms with Gasteiger partial charge in [0.1, 0.15) is 6.79 Å². The van der Waals surface area contributed by atoms with Crippen LogP contribution in [-0.4, -0.2) is 26.7 Å². The molecule has 0 aromatic carbocycles. The molecule has 5 nitrogen and oxygen atoms in total. The summed E-state index contributed by atoms with van der Waals surface area (Å²) in [7, 11) is 0. The Morgan fingerprint density at radius 2 is 0.885 bits per heavy atom. The third-order valence-electron chi connectivity index (χ3n) is 4.04. The molecule has 26 heavy (non-hydrogen) atoms. The summed E-state index contributed by atoms with van der Waals surface area (Å²) in [6, 6.07) is 16.4. The van der Waals surface area contributed by atoms with Crippen molar-refractivity contribution in [2.24, 2.45) is 0 Å². The Kier molecular flexibility index (Phi) is 4.03. The first-order valence-electron chi connectivity index (χ1n) is 8.14. The van der Waals surface area contributed by atoms with Gasteiger partial charge in [-0.3, -0.25) is 0 Å². The number of carbonyl (C=O) groups excluding carboxylic acids is 1. The summed E-state index contributed by atoms with van der Waals surface area (Å²) in [5.41, 5.74) is 7.86. The standard InChI is InChI=1S/C20H14N4.CH2O/c1-2-14-10-16-5-6-18(23-16)12-20-8-7-19(24-20)11-17-4-3-15(22-17)9-13(1)21-14;1-2/h1-12,21-22H;1H2. The van der Waals surface area contributed by atoms with Crippen LogP contribution in [0.1, 0.15) is 22.8 Å². The maximum absolute atomic E-state index is 8.00. The van der Waals surface area contributed by atoms with Crippen LogP contribution < -0.4 is 0 Å². The number of hydrogen-bond donors (Lipinski definition) is 2. The number of aromatic amines is 2. The zero-order valence-electron chi connectivity index (χ0n) is 13.9. The number of aromatic nitrogens is 4. The average Bonchev–Trinajstić information content (AvgIpc) is 3.42. The maximum atomic E-state index is 8.00. The number of nitrogens with zero attached hydrogens (tertiary/aromatic N) is 2. The van der Waals surface area contributed by atoms with Gasteiger partial charge in [-0.05, 0) is 72.8 Å². The van der Waals surface area contributed by atoms with E-state index in [1.807, 2.05) is 49.3 Å². The van der Waals surface area contributed by atoms with Crippen LogP contribution in [0.3, 0.4) is 0 Å². The van der Waals surface area contributed by atoms with Gasteiger partial charge in [-0.2, -0.15) is 0 Å². The smallest absolute Gasteiger partial charge is 0.106 e. The second kappa shape index (κ2) is 6.64. The first kappa shape index (κ1) is 15.8. The molecule has 8 bridgehead atoms. The molecule has 126 valence electrons. The highest BCUT2D eigenvalue weighted by molar-refractivity contribution is 5.77. The summed E-state index contributed by atoms with van der Waals surface area (Å²) in [5, 5.41) is 0. The predicted octanol–water partition coefficient (Wildman–Crippen LogP) is 4.47. The lowest BCUT2D eigenvalue weighted by atomic mass is 10.3. The van der Waals surface area contributed by atoms with Gasteiger partial charge in [-0.1, -0.05) is 0 Å². The molecule has 5 heteroatoms. The number of carbonyl (C=O) groups is 1. The third kappa shape index (κ3) is 3.23. The summed E-state index contributed by atoms with van der Waals surface area (Å²) in [6.07, 6.45) is 8.05. The summed E-state index contributed by atoms with van der Waals surface area (Å²) in [6.45, 7) is 2.00. The van der Waals surface area contributed by atoms with Crippen molar-refractivity contribution >= 4 is 53.2 Å². The molecule has 2 aliphatic heterocycles. The second-order valence-corrected chi connectivity index (χ2v) is 5.91. The minimum absolute atomic E-state index is 0.915. The van der Waals surface area contributed by atoms with Crippen molar-refractivity contribution in [3.63, 3.8) is 0 Å². The molecule has 0 spiro atoms. The largest absolute Gasteiger partial charge is 0.355 e. The number of fused-ring (bicyclic) bond motifs is 8. The molecule has 0 amide bonds. The van der Waals surface area contributed by atoms with Gasteiger partial charge < -0.3 is 14.8 Å². The SMILES string of the molecule is C1=Cc2cc3ccc(cc4ccc(cc5nc(cc1n2)C=C5)[nH]4)[nH]3.C=O. The monoisotopic (exact) mass is 340 g/mol. The van der Waals surface area contributed by atoms with Crippen LogP contribution in [0.4, 0.5) is 0 Å². The fourth-order valence-corrected chi connectivity index (χ4v) is 2.94. The molecular weight excluding hydrogens is 324 g/mol. The normalized spacial score (nSPS) is 11.8. The minimum Gasteiger partial charge on any atom is -0.355 e. The molecule has 2 N–H and O–H groups in total. The molecule has 0 radical (unpaired) electrons. The van der Waals surface area contributed by atoms with Gasteiger partial charge in [-0.15, -0.1) is 0 Å². The highest BCUT2D eigenvalue weighted by atomic mass is 16.1. The van der Waals surface area contributed by atoms with Crippen LogP contribution in [-0.2, 0) is 4.79 Å². The molecule has 0 saturated heterocycles. The van der Waals surface area contributed by atoms with Crippen LogP contribution in [0.2, 0.25) is 0 Å². The van der Waals surface area contributed by atoms with Gasteiger partial charge in [0, 0.05) is 22.1 Å². The quantitative estimate of drug-likeness (QED) is 0.437. The molecule has 0 saturated carbocycles. The van der Waals surface area contributed by atoms with Crippen molar-refractivity contribution in [2.45, 2.75) is 0 Å². The molecule has 3 aromatic rings. The Balaban J connectivity index is 0.000000814. The highest BCUT2D eigenvalue weighted by Gasteiger charge is 2.02. The van der Waals surface area contributed by atoms with E-state index in [0.29, 0.717) is 0 Å². The average molecular weight is 340 g/mol. The van der Waals surface area contributed by atoms with Crippen molar-refractivity contribution in [1.29, 1.82) is 0 Å². The van der Waals surface area contributed by atoms with Crippen LogP contribution >= 0.6 is 0 Å². The van der Waals surface area contributed by atoms with E-state index in [4.69, 9.17) is 4.79 Å². The van der Waals surface area contributed by atoms with Crippen molar-refractivity contribution in [1.82, 2.24) is 19.9 Å². The minimum atomic E-state index is 0.915. The van der Waals surface area contributed by atoms with E-state index in [9.17, 15) is 0 Å². The van der Waals surface area contributed by atoms with E-state index in [1.165, 1.54) is 0 Å². The number of rotatable bonds is 0. The fourth-order valence-electron chi connectivity index (χ4n) is 2.94. The van der Waals surface area contributed by atoms with Crippen molar-refractivity contribution in [2.75, 3.05) is 0 Å². The molecular formula is C21H16N4O. The number of nitrogens with one attached hydrogen (secondary N) is 2. The zero-order chi connectivity index (χ0) is 17.9. The van der Waals surface area contributed by atoms with Gasteiger partial charge in [0.05, 0.1) is 22.8 Å². The molecule has 5 heterocycles. The van der Waals surface area contributed by atoms with Crippen molar-refractivity contribution in [3.8, 4) is 0 Å². The van der Waals surface area contributed by atoms with Gasteiger partial charge in [0.15, 0.2) is 0 Å². The van der Waals surface area contributed by atoms with Crippen molar-refractivity contribution in [3.05, 3.63) is 71.3 Å². The lowest BCUT2D eigenvalue weighted by molar-refractivity contribution is -0.0979. The van der Waals surface area contributed by atoms with Gasteiger partial charge >= 0.3 is 0 Å². The summed E-state index contributed by atoms with van der Waals surface area (Å²) in [5.74, 6) is 0. The van der Waals surface area contributed by atoms with Crippen LogP contribution in [0.15, 0.2) is 48.5 Å². The molecule has 5 rings (SSSR count). The Morgan fingerprint density at radius 1 is 0.538 bits per heavy atom. The number of hydrogen-bond acceptors (Lipinski definition) is 3. The predicted molar refractivity (Wildman–Crippen MR) is 106 cm³/mol. The van der Waals surface area contributed by atoms with E-state index in [0.717, 1.165) is 44.8 Å². The van der Waals surface area contributed by atoms with Gasteiger partial charge in [-0.25, -0.2) is 9.97 Å². The molecule has 2 aliphatic rings. The van der Waals surface area contributed by atoms with Gasteiger partial charge in [0.2, 0.25) is 0 Å². The lowest BCUT2D eigenvalue weighted by Crippen LogP contribution is -1.77. The summed E-state index contributed by atoms with van der Waals surface area (Å²) >= 11 is 0. The summed E-state index contributed by atoms with van der Waals surface area (Å²) < 4.78 is 0. The summed E-state index contributed by atoms with van der Waals surface area (Å²) in [4.78, 5) is 24.0. The zero-order valence-corrected chi connectivity index (χ0v) is 13.9. The Hall–Kier alpha value is -3.73. The topological polar surface area (TPSA) is 74.4 Å². The van der Waals surface area contributed by atoms with E-state index in [2.05, 4.69) is 50.3 Å². The maximum Gasteiger partial charge on any atom is 0.106 e. The molecule has 0 unspecified atom stereocenters. The first-order valence-corrected chi connectivity index (χ1v) is 8.14. The Bertz CT molecular complexity index is 1090. The van der Waals surface area contributed by atoms with Gasteiger partial charge in [0.25, 0.3) is 0 Å². The van der Waals surface area contributed by atoms with E-state index in [-0.39, 0.29) is 0 Å². The van der Waals surface area contributed by atoms with E-state index in [1.54, 1.807) is 0 Å². The Labute approximate surface area is 149 Å². The second-order valence-electron chi connectivity index (χ2n) is 5.91. The van der Waals surface area contributed by atoms with Crippen LogP contribution in [0.5, 0.6) is 0 Å². The fraction of sp³-hybridized carbons (Fsp3) is 0. The van der Waals surface area contributed by atoms with E-state index < -0.39 is 0 Å². The van der Waals surface area contributed by atoms with Crippen LogP contribution in [0.25, 0.3) is 46.4 Å². The first-order chi connectivity index (χ1) is 12.8. The molecule has 3 aromatic heterocycles. The molecule has 0 fully saturated rings. The lowest BCUT2D eigenvalue weighted by Gasteiger charge is -1.86. The highest BCUT2D eigenvalue weighted by Crippen LogP contribution is 2.17. The molecule has 0 aliphatic carbocycles. The molecule has 0 atom stereocenters. The van der Waals surface area contributed by atoms with Crippen molar-refractivity contribution < 1.29 is 4.79 Å². The number of H-pyrrole nitrogens is 2. The van der Waals surface area contributed by atoms with Crippen LogP contribution in [0, 0.1) is 0 Å². The van der Waals surface area contributed by atoms with E-state index >= 15 is 0 Å². The third-order valence-corrected chi connectivity index (χ3v) is 4.04. The Morgan fingerprint density at radius 3 is 1.31 bits per heavy atom.